The third-order valence-corrected chi connectivity index (χ3v) is 4.48. The summed E-state index contributed by atoms with van der Waals surface area (Å²) in [5, 5.41) is 2.98. The average Bonchev–Trinajstić information content (AvgIpc) is 2.30. The lowest BCUT2D eigenvalue weighted by atomic mass is 9.53. The lowest BCUT2D eigenvalue weighted by Crippen LogP contribution is -2.53. The van der Waals surface area contributed by atoms with Crippen LogP contribution in [0.5, 0.6) is 0 Å². The largest absolute Gasteiger partial charge is 0.326 e. The lowest BCUT2D eigenvalue weighted by Gasteiger charge is -2.49. The number of ketones is 1. The topological polar surface area (TPSA) is 46.2 Å². The fourth-order valence-corrected chi connectivity index (χ4v) is 2.99. The summed E-state index contributed by atoms with van der Waals surface area (Å²) in [6.07, 6.45) is 0.667. The molecule has 1 aromatic carbocycles. The van der Waals surface area contributed by atoms with Gasteiger partial charge in [-0.1, -0.05) is 32.0 Å². The molecule has 0 saturated heterocycles. The maximum absolute atomic E-state index is 12.3. The molecule has 2 unspecified atom stereocenters. The van der Waals surface area contributed by atoms with Crippen molar-refractivity contribution in [2.45, 2.75) is 34.1 Å². The smallest absolute Gasteiger partial charge is 0.228 e. The maximum atomic E-state index is 12.3. The number of hydrogen-bond acceptors (Lipinski definition) is 2. The van der Waals surface area contributed by atoms with Gasteiger partial charge in [-0.25, -0.2) is 0 Å². The molecule has 1 aliphatic carbocycles. The van der Waals surface area contributed by atoms with E-state index in [0.29, 0.717) is 6.42 Å². The van der Waals surface area contributed by atoms with Gasteiger partial charge in [-0.15, -0.1) is 0 Å². The van der Waals surface area contributed by atoms with Crippen molar-refractivity contribution in [3.63, 3.8) is 0 Å². The minimum Gasteiger partial charge on any atom is -0.326 e. The Morgan fingerprint density at radius 3 is 2.37 bits per heavy atom. The predicted octanol–water partition coefficient (Wildman–Crippen LogP) is 3.18. The lowest BCUT2D eigenvalue weighted by molar-refractivity contribution is -0.145. The Labute approximate surface area is 114 Å². The van der Waals surface area contributed by atoms with E-state index in [4.69, 9.17) is 0 Å². The number of carbonyl (C=O) groups excluding carboxylic acids is 2. The molecule has 2 atom stereocenters. The van der Waals surface area contributed by atoms with Crippen LogP contribution in [-0.2, 0) is 9.59 Å². The molecule has 0 heterocycles. The van der Waals surface area contributed by atoms with Crippen molar-refractivity contribution in [1.29, 1.82) is 0 Å². The van der Waals surface area contributed by atoms with E-state index in [1.54, 1.807) is 6.92 Å². The first-order chi connectivity index (χ1) is 8.84. The van der Waals surface area contributed by atoms with E-state index in [-0.39, 0.29) is 28.9 Å². The highest BCUT2D eigenvalue weighted by Gasteiger charge is 2.53. The van der Waals surface area contributed by atoms with Crippen molar-refractivity contribution < 1.29 is 9.59 Å². The summed E-state index contributed by atoms with van der Waals surface area (Å²) in [4.78, 5) is 23.8. The average molecular weight is 259 g/mol. The molecular formula is C16H21NO2. The van der Waals surface area contributed by atoms with Crippen LogP contribution < -0.4 is 5.32 Å². The zero-order valence-electron chi connectivity index (χ0n) is 12.0. The van der Waals surface area contributed by atoms with E-state index in [1.807, 2.05) is 45.0 Å². The molecule has 0 aromatic heterocycles. The maximum Gasteiger partial charge on any atom is 0.228 e. The quantitative estimate of drug-likeness (QED) is 0.906. The van der Waals surface area contributed by atoms with Crippen LogP contribution in [0.4, 0.5) is 5.69 Å². The van der Waals surface area contributed by atoms with Gasteiger partial charge in [0, 0.05) is 17.5 Å². The van der Waals surface area contributed by atoms with E-state index in [1.165, 1.54) is 0 Å². The van der Waals surface area contributed by atoms with Gasteiger partial charge in [0.25, 0.3) is 0 Å². The summed E-state index contributed by atoms with van der Waals surface area (Å²) in [6.45, 7) is 7.59. The Bertz CT molecular complexity index is 519. The normalized spacial score (nSPS) is 24.4. The Morgan fingerprint density at radius 2 is 1.84 bits per heavy atom. The van der Waals surface area contributed by atoms with Crippen LogP contribution in [0.3, 0.4) is 0 Å². The highest BCUT2D eigenvalue weighted by molar-refractivity contribution is 5.96. The van der Waals surface area contributed by atoms with Gasteiger partial charge in [-0.2, -0.15) is 0 Å². The van der Waals surface area contributed by atoms with Gasteiger partial charge < -0.3 is 5.32 Å². The molecule has 3 nitrogen and oxygen atoms in total. The Kier molecular flexibility index (Phi) is 3.48. The molecule has 19 heavy (non-hydrogen) atoms. The van der Waals surface area contributed by atoms with E-state index in [9.17, 15) is 9.59 Å². The number of rotatable bonds is 3. The second-order valence-electron chi connectivity index (χ2n) is 6.08. The third kappa shape index (κ3) is 2.42. The second-order valence-corrected chi connectivity index (χ2v) is 6.08. The van der Waals surface area contributed by atoms with Crippen LogP contribution in [0.2, 0.25) is 0 Å². The summed E-state index contributed by atoms with van der Waals surface area (Å²) in [5.41, 5.74) is 1.67. The number of para-hydroxylation sites is 1. The van der Waals surface area contributed by atoms with Gasteiger partial charge in [-0.3, -0.25) is 9.59 Å². The number of benzene rings is 1. The minimum atomic E-state index is -0.237. The number of amides is 1. The van der Waals surface area contributed by atoms with E-state index >= 15 is 0 Å². The van der Waals surface area contributed by atoms with Gasteiger partial charge in [0.05, 0.1) is 0 Å². The molecule has 2 rings (SSSR count). The SMILES string of the molecule is CC(=O)C1CC(C(=O)Nc2ccccc2C)C1(C)C. The van der Waals surface area contributed by atoms with Crippen molar-refractivity contribution in [3.8, 4) is 0 Å². The number of anilines is 1. The summed E-state index contributed by atoms with van der Waals surface area (Å²) >= 11 is 0. The molecule has 1 amide bonds. The van der Waals surface area contributed by atoms with Crippen LogP contribution in [-0.4, -0.2) is 11.7 Å². The first-order valence-electron chi connectivity index (χ1n) is 6.71. The molecule has 0 spiro atoms. The number of hydrogen-bond donors (Lipinski definition) is 1. The highest BCUT2D eigenvalue weighted by atomic mass is 16.2. The minimum absolute atomic E-state index is 0.0140. The van der Waals surface area contributed by atoms with Crippen LogP contribution in [0, 0.1) is 24.2 Å². The summed E-state index contributed by atoms with van der Waals surface area (Å²) < 4.78 is 0. The molecule has 0 aliphatic heterocycles. The fourth-order valence-electron chi connectivity index (χ4n) is 2.99. The van der Waals surface area contributed by atoms with Crippen molar-refractivity contribution in [1.82, 2.24) is 0 Å². The van der Waals surface area contributed by atoms with Crippen LogP contribution in [0.1, 0.15) is 32.8 Å². The van der Waals surface area contributed by atoms with Gasteiger partial charge in [0.2, 0.25) is 5.91 Å². The van der Waals surface area contributed by atoms with Gasteiger partial charge in [0.15, 0.2) is 0 Å². The number of aryl methyl sites for hydroxylation is 1. The van der Waals surface area contributed by atoms with Crippen LogP contribution in [0.15, 0.2) is 24.3 Å². The first kappa shape index (κ1) is 13.8. The molecule has 1 saturated carbocycles. The molecule has 1 aromatic rings. The highest BCUT2D eigenvalue weighted by Crippen LogP contribution is 2.52. The first-order valence-corrected chi connectivity index (χ1v) is 6.71. The van der Waals surface area contributed by atoms with Crippen LogP contribution >= 0.6 is 0 Å². The zero-order valence-corrected chi connectivity index (χ0v) is 12.0. The summed E-state index contributed by atoms with van der Waals surface area (Å²) in [6, 6.07) is 7.73. The van der Waals surface area contributed by atoms with Gasteiger partial charge in [0.1, 0.15) is 5.78 Å². The number of nitrogens with one attached hydrogen (secondary N) is 1. The monoisotopic (exact) mass is 259 g/mol. The second kappa shape index (κ2) is 4.80. The van der Waals surface area contributed by atoms with Gasteiger partial charge >= 0.3 is 0 Å². The van der Waals surface area contributed by atoms with E-state index in [0.717, 1.165) is 11.3 Å². The number of Topliss-reactive ketones (excluding diaryl/α,β-unsaturated/α-hetero) is 1. The third-order valence-electron chi connectivity index (χ3n) is 4.48. The van der Waals surface area contributed by atoms with Crippen molar-refractivity contribution in [2.75, 3.05) is 5.32 Å². The molecule has 3 heteroatoms. The predicted molar refractivity (Wildman–Crippen MR) is 75.9 cm³/mol. The van der Waals surface area contributed by atoms with E-state index in [2.05, 4.69) is 5.32 Å². The Balaban J connectivity index is 2.07. The summed E-state index contributed by atoms with van der Waals surface area (Å²) in [7, 11) is 0. The molecule has 1 N–H and O–H groups in total. The molecule has 1 fully saturated rings. The molecule has 0 radical (unpaired) electrons. The number of carbonyl (C=O) groups is 2. The van der Waals surface area contributed by atoms with Crippen molar-refractivity contribution in [2.24, 2.45) is 17.3 Å². The van der Waals surface area contributed by atoms with E-state index < -0.39 is 0 Å². The van der Waals surface area contributed by atoms with Crippen LogP contribution in [0.25, 0.3) is 0 Å². The molecule has 102 valence electrons. The molecule has 0 bridgehead atoms. The zero-order chi connectivity index (χ0) is 14.2. The Hall–Kier alpha value is -1.64. The molecular weight excluding hydrogens is 238 g/mol. The molecule has 1 aliphatic rings. The van der Waals surface area contributed by atoms with Gasteiger partial charge in [-0.05, 0) is 37.3 Å². The van der Waals surface area contributed by atoms with Crippen molar-refractivity contribution >= 4 is 17.4 Å². The van der Waals surface area contributed by atoms with Crippen molar-refractivity contribution in [3.05, 3.63) is 29.8 Å². The standard InChI is InChI=1S/C16H21NO2/c1-10-7-5-6-8-14(10)17-15(19)13-9-12(11(2)18)16(13,3)4/h5-8,12-13H,9H2,1-4H3,(H,17,19). The Morgan fingerprint density at radius 1 is 1.21 bits per heavy atom. The fraction of sp³-hybridized carbons (Fsp3) is 0.500. The summed E-state index contributed by atoms with van der Waals surface area (Å²) in [5.74, 6) is 0.142.